The van der Waals surface area contributed by atoms with Gasteiger partial charge in [-0.05, 0) is 12.0 Å². The fraction of sp³-hybridized carbons (Fsp3) is 0.462. The van der Waals surface area contributed by atoms with Crippen LogP contribution >= 0.6 is 0 Å². The molecular weight excluding hydrogens is 284 g/mol. The summed E-state index contributed by atoms with van der Waals surface area (Å²) in [5.41, 5.74) is 0.879. The van der Waals surface area contributed by atoms with E-state index in [4.69, 9.17) is 4.74 Å². The molecule has 0 spiro atoms. The van der Waals surface area contributed by atoms with Gasteiger partial charge in [-0.25, -0.2) is 4.79 Å². The molecule has 4 nitrogen and oxygen atoms in total. The highest BCUT2D eigenvalue weighted by molar-refractivity contribution is 6.58. The number of nitrogens with zero attached hydrogens (tertiary/aromatic N) is 2. The molecule has 1 aliphatic heterocycles. The number of ether oxygens (including phenoxy) is 1. The number of rotatable bonds is 4. The number of amides is 1. The van der Waals surface area contributed by atoms with Crippen molar-refractivity contribution in [1.29, 1.82) is 0 Å². The zero-order chi connectivity index (χ0) is 15.3. The Hall–Kier alpha value is -1.70. The first-order valence-electron chi connectivity index (χ1n) is 6.83. The van der Waals surface area contributed by atoms with Crippen molar-refractivity contribution in [2.24, 2.45) is 0 Å². The van der Waals surface area contributed by atoms with Crippen LogP contribution < -0.4 is 0 Å². The lowest BCUT2D eigenvalue weighted by atomic mass is 9.91. The second-order valence-corrected chi connectivity index (χ2v) is 5.04. The number of carbonyl (C=O) groups is 1. The molecule has 1 heterocycles. The van der Waals surface area contributed by atoms with Gasteiger partial charge in [0, 0.05) is 26.2 Å². The predicted molar refractivity (Wildman–Crippen MR) is 73.7 cm³/mol. The van der Waals surface area contributed by atoms with E-state index < -0.39 is 19.5 Å². The van der Waals surface area contributed by atoms with E-state index in [1.165, 1.54) is 9.80 Å². The van der Waals surface area contributed by atoms with Crippen molar-refractivity contribution in [3.8, 4) is 0 Å². The fourth-order valence-electron chi connectivity index (χ4n) is 2.22. The van der Waals surface area contributed by atoms with Gasteiger partial charge in [0.1, 0.15) is 6.61 Å². The zero-order valence-corrected chi connectivity index (χ0v) is 11.6. The van der Waals surface area contributed by atoms with E-state index in [2.05, 4.69) is 0 Å². The molecule has 0 saturated carbocycles. The SMILES string of the molecule is O=C(OCc1ccccc1)N1CCN(C[B-](F)(F)F)CC1. The molecule has 1 fully saturated rings. The first kappa shape index (κ1) is 15.7. The molecule has 116 valence electrons. The van der Waals surface area contributed by atoms with Crippen LogP contribution in [0.5, 0.6) is 0 Å². The van der Waals surface area contributed by atoms with Gasteiger partial charge < -0.3 is 27.5 Å². The molecule has 0 bridgehead atoms. The van der Waals surface area contributed by atoms with Gasteiger partial charge in [0.25, 0.3) is 0 Å². The average molecular weight is 301 g/mol. The van der Waals surface area contributed by atoms with Crippen LogP contribution in [0.2, 0.25) is 0 Å². The molecular formula is C13H17BF3N2O2-. The third-order valence-electron chi connectivity index (χ3n) is 3.30. The molecule has 1 aliphatic rings. The lowest BCUT2D eigenvalue weighted by Gasteiger charge is -2.36. The summed E-state index contributed by atoms with van der Waals surface area (Å²) in [6.07, 6.45) is -1.34. The standard InChI is InChI=1S/C13H17BF3N2O2/c15-14(16,17)11-18-6-8-19(9-7-18)13(20)21-10-12-4-2-1-3-5-12/h1-5H,6-11H2/q-1. The Kier molecular flexibility index (Phi) is 5.11. The molecule has 0 atom stereocenters. The van der Waals surface area contributed by atoms with Gasteiger partial charge in [0.15, 0.2) is 0 Å². The molecule has 1 amide bonds. The topological polar surface area (TPSA) is 32.8 Å². The monoisotopic (exact) mass is 301 g/mol. The quantitative estimate of drug-likeness (QED) is 0.800. The van der Waals surface area contributed by atoms with E-state index in [1.54, 1.807) is 0 Å². The molecule has 21 heavy (non-hydrogen) atoms. The molecule has 1 aromatic rings. The van der Waals surface area contributed by atoms with Gasteiger partial charge in [-0.3, -0.25) is 0 Å². The van der Waals surface area contributed by atoms with Gasteiger partial charge in [-0.2, -0.15) is 0 Å². The first-order valence-corrected chi connectivity index (χ1v) is 6.83. The summed E-state index contributed by atoms with van der Waals surface area (Å²) in [6.45, 7) is -3.66. The van der Waals surface area contributed by atoms with Crippen LogP contribution in [0.4, 0.5) is 17.7 Å². The van der Waals surface area contributed by atoms with Gasteiger partial charge >= 0.3 is 13.1 Å². The van der Waals surface area contributed by atoms with Gasteiger partial charge in [0.2, 0.25) is 0 Å². The molecule has 0 aromatic heterocycles. The van der Waals surface area contributed by atoms with E-state index in [0.29, 0.717) is 0 Å². The number of hydrogen-bond donors (Lipinski definition) is 0. The van der Waals surface area contributed by atoms with Crippen LogP contribution in [0.25, 0.3) is 0 Å². The minimum Gasteiger partial charge on any atom is -0.448 e. The normalized spacial score (nSPS) is 16.8. The second-order valence-electron chi connectivity index (χ2n) is 5.04. The lowest BCUT2D eigenvalue weighted by Crippen LogP contribution is -2.52. The maximum absolute atomic E-state index is 12.3. The Morgan fingerprint density at radius 2 is 1.71 bits per heavy atom. The van der Waals surface area contributed by atoms with E-state index >= 15 is 0 Å². The molecule has 0 radical (unpaired) electrons. The van der Waals surface area contributed by atoms with Gasteiger partial charge in [0.05, 0.1) is 0 Å². The van der Waals surface area contributed by atoms with E-state index in [9.17, 15) is 17.7 Å². The van der Waals surface area contributed by atoms with Gasteiger partial charge in [-0.1, -0.05) is 30.3 Å². The summed E-state index contributed by atoms with van der Waals surface area (Å²) < 4.78 is 42.1. The highest BCUT2D eigenvalue weighted by atomic mass is 19.4. The molecule has 8 heteroatoms. The summed E-state index contributed by atoms with van der Waals surface area (Å²) >= 11 is 0. The Balaban J connectivity index is 1.73. The minimum absolute atomic E-state index is 0.172. The average Bonchev–Trinajstić information content (AvgIpc) is 2.45. The summed E-state index contributed by atoms with van der Waals surface area (Å²) in [5, 5.41) is 0. The van der Waals surface area contributed by atoms with E-state index in [0.717, 1.165) is 5.56 Å². The minimum atomic E-state index is -4.81. The van der Waals surface area contributed by atoms with Crippen molar-refractivity contribution < 1.29 is 22.5 Å². The van der Waals surface area contributed by atoms with Crippen LogP contribution in [-0.4, -0.2) is 55.5 Å². The maximum atomic E-state index is 12.3. The maximum Gasteiger partial charge on any atom is 0.492 e. The highest BCUT2D eigenvalue weighted by Gasteiger charge is 2.29. The summed E-state index contributed by atoms with van der Waals surface area (Å²) in [7, 11) is 0. The molecule has 0 N–H and O–H groups in total. The second kappa shape index (κ2) is 6.84. The van der Waals surface area contributed by atoms with Crippen molar-refractivity contribution in [3.05, 3.63) is 35.9 Å². The molecule has 2 rings (SSSR count). The number of benzene rings is 1. The smallest absolute Gasteiger partial charge is 0.448 e. The van der Waals surface area contributed by atoms with E-state index in [1.807, 2.05) is 30.3 Å². The Labute approximate surface area is 121 Å². The summed E-state index contributed by atoms with van der Waals surface area (Å²) in [4.78, 5) is 14.6. The number of halogens is 3. The summed E-state index contributed by atoms with van der Waals surface area (Å²) in [6, 6.07) is 9.25. The molecule has 1 saturated heterocycles. The van der Waals surface area contributed by atoms with Crippen molar-refractivity contribution in [2.45, 2.75) is 6.61 Å². The lowest BCUT2D eigenvalue weighted by molar-refractivity contribution is 0.0737. The van der Waals surface area contributed by atoms with Crippen molar-refractivity contribution in [1.82, 2.24) is 9.80 Å². The Morgan fingerprint density at radius 3 is 2.29 bits per heavy atom. The van der Waals surface area contributed by atoms with Crippen LogP contribution in [0.1, 0.15) is 5.56 Å². The van der Waals surface area contributed by atoms with Crippen molar-refractivity contribution >= 4 is 13.1 Å². The first-order chi connectivity index (χ1) is 9.94. The van der Waals surface area contributed by atoms with Crippen molar-refractivity contribution in [3.63, 3.8) is 0 Å². The Morgan fingerprint density at radius 1 is 1.10 bits per heavy atom. The molecule has 0 aliphatic carbocycles. The van der Waals surface area contributed by atoms with Crippen LogP contribution in [-0.2, 0) is 11.3 Å². The molecule has 0 unspecified atom stereocenters. The largest absolute Gasteiger partial charge is 0.492 e. The highest BCUT2D eigenvalue weighted by Crippen LogP contribution is 2.13. The van der Waals surface area contributed by atoms with Crippen LogP contribution in [0.3, 0.4) is 0 Å². The van der Waals surface area contributed by atoms with Crippen LogP contribution in [0.15, 0.2) is 30.3 Å². The van der Waals surface area contributed by atoms with Crippen LogP contribution in [0, 0.1) is 0 Å². The number of hydrogen-bond acceptors (Lipinski definition) is 3. The summed E-state index contributed by atoms with van der Waals surface area (Å²) in [5.74, 6) is 0. The molecule has 1 aromatic carbocycles. The number of carbonyl (C=O) groups excluding carboxylic acids is 1. The number of piperazine rings is 1. The van der Waals surface area contributed by atoms with Gasteiger partial charge in [-0.15, -0.1) is 0 Å². The zero-order valence-electron chi connectivity index (χ0n) is 11.6. The fourth-order valence-corrected chi connectivity index (χ4v) is 2.22. The predicted octanol–water partition coefficient (Wildman–Crippen LogP) is 2.33. The third kappa shape index (κ3) is 5.30. The van der Waals surface area contributed by atoms with E-state index in [-0.39, 0.29) is 32.8 Å². The Bertz CT molecular complexity index is 462. The third-order valence-corrected chi connectivity index (χ3v) is 3.30. The van der Waals surface area contributed by atoms with Crippen molar-refractivity contribution in [2.75, 3.05) is 32.6 Å².